The molecule has 0 saturated heterocycles. The summed E-state index contributed by atoms with van der Waals surface area (Å²) in [6.07, 6.45) is -0.546. The second-order valence-corrected chi connectivity index (χ2v) is 6.55. The summed E-state index contributed by atoms with van der Waals surface area (Å²) < 4.78 is 20.0. The minimum Gasteiger partial charge on any atom is -0.474 e. The summed E-state index contributed by atoms with van der Waals surface area (Å²) in [6.45, 7) is 2.68. The number of nitro groups is 1. The van der Waals surface area contributed by atoms with Gasteiger partial charge in [-0.05, 0) is 49.2 Å². The van der Waals surface area contributed by atoms with Crippen molar-refractivity contribution in [3.63, 3.8) is 0 Å². The molecule has 150 valence electrons. The van der Waals surface area contributed by atoms with Crippen LogP contribution in [0.4, 0.5) is 15.8 Å². The number of anilines is 1. The Kier molecular flexibility index (Phi) is 7.17. The van der Waals surface area contributed by atoms with Crippen molar-refractivity contribution in [3.8, 4) is 5.75 Å². The highest BCUT2D eigenvalue weighted by molar-refractivity contribution is 6.30. The van der Waals surface area contributed by atoms with E-state index in [1.54, 1.807) is 6.07 Å². The predicted octanol–water partition coefficient (Wildman–Crippen LogP) is 3.86. The van der Waals surface area contributed by atoms with Crippen molar-refractivity contribution >= 4 is 41.3 Å². The van der Waals surface area contributed by atoms with Crippen LogP contribution in [-0.2, 0) is 17.8 Å². The van der Waals surface area contributed by atoms with Gasteiger partial charge in [0.2, 0.25) is 0 Å². The third-order valence-corrected chi connectivity index (χ3v) is 4.49. The number of halogens is 3. The topological polar surface area (TPSA) is 93.5 Å². The van der Waals surface area contributed by atoms with Gasteiger partial charge in [0.1, 0.15) is 5.82 Å². The molecule has 0 aromatic heterocycles. The fourth-order valence-corrected chi connectivity index (χ4v) is 3.01. The van der Waals surface area contributed by atoms with Gasteiger partial charge >= 0.3 is 5.69 Å². The van der Waals surface area contributed by atoms with E-state index in [-0.39, 0.29) is 34.6 Å². The highest BCUT2D eigenvalue weighted by atomic mass is 35.5. The van der Waals surface area contributed by atoms with Gasteiger partial charge in [-0.1, -0.05) is 17.7 Å². The van der Waals surface area contributed by atoms with Gasteiger partial charge in [0.15, 0.2) is 11.9 Å². The van der Waals surface area contributed by atoms with Crippen molar-refractivity contribution in [1.82, 2.24) is 5.32 Å². The third kappa shape index (κ3) is 4.70. The van der Waals surface area contributed by atoms with Crippen molar-refractivity contribution in [1.29, 1.82) is 0 Å². The number of carbonyl (C=O) groups excluding carboxylic acids is 1. The lowest BCUT2D eigenvalue weighted by Crippen LogP contribution is -2.31. The number of hydrogen-bond donors (Lipinski definition) is 2. The fourth-order valence-electron chi connectivity index (χ4n) is 2.84. The van der Waals surface area contributed by atoms with E-state index in [2.05, 4.69) is 10.6 Å². The van der Waals surface area contributed by atoms with Crippen LogP contribution in [0, 0.1) is 15.9 Å². The normalized spacial score (nSPS) is 13.7. The van der Waals surface area contributed by atoms with Crippen LogP contribution < -0.4 is 15.4 Å². The summed E-state index contributed by atoms with van der Waals surface area (Å²) in [4.78, 5) is 22.8. The average molecular weight is 430 g/mol. The summed E-state index contributed by atoms with van der Waals surface area (Å²) in [5.74, 6) is -1.18. The molecule has 1 heterocycles. The molecular formula is C18H18Cl2FN3O4. The van der Waals surface area contributed by atoms with E-state index < -0.39 is 22.8 Å². The van der Waals surface area contributed by atoms with Crippen LogP contribution in [0.15, 0.2) is 30.3 Å². The minimum atomic E-state index is -1.08. The molecule has 2 N–H and O–H groups in total. The van der Waals surface area contributed by atoms with Gasteiger partial charge in [-0.2, -0.15) is 0 Å². The van der Waals surface area contributed by atoms with Crippen LogP contribution in [0.5, 0.6) is 5.75 Å². The van der Waals surface area contributed by atoms with E-state index >= 15 is 0 Å². The lowest BCUT2D eigenvalue weighted by molar-refractivity contribution is -0.386. The maximum Gasteiger partial charge on any atom is 0.312 e. The SMILES string of the molecule is CC(Oc1ccc(Cl)cc1[N+](=O)[O-])C(=O)Nc1ccc2c(c1F)CCNC2.Cl. The van der Waals surface area contributed by atoms with Crippen LogP contribution in [0.2, 0.25) is 5.02 Å². The maximum atomic E-state index is 14.6. The molecule has 0 aliphatic carbocycles. The number of benzene rings is 2. The van der Waals surface area contributed by atoms with Crippen molar-refractivity contribution in [2.45, 2.75) is 26.0 Å². The molecule has 1 atom stereocenters. The minimum absolute atomic E-state index is 0. The van der Waals surface area contributed by atoms with Gasteiger partial charge in [-0.25, -0.2) is 4.39 Å². The number of ether oxygens (including phenoxy) is 1. The van der Waals surface area contributed by atoms with Gasteiger partial charge in [0.25, 0.3) is 5.91 Å². The summed E-state index contributed by atoms with van der Waals surface area (Å²) in [7, 11) is 0. The second-order valence-electron chi connectivity index (χ2n) is 6.11. The largest absolute Gasteiger partial charge is 0.474 e. The van der Waals surface area contributed by atoms with E-state index in [1.165, 1.54) is 25.1 Å². The molecule has 0 radical (unpaired) electrons. The third-order valence-electron chi connectivity index (χ3n) is 4.26. The van der Waals surface area contributed by atoms with Gasteiger partial charge in [0, 0.05) is 17.6 Å². The zero-order valence-electron chi connectivity index (χ0n) is 14.8. The Balaban J connectivity index is 0.00000280. The van der Waals surface area contributed by atoms with Gasteiger partial charge in [0.05, 0.1) is 10.6 Å². The molecule has 7 nitrogen and oxygen atoms in total. The summed E-state index contributed by atoms with van der Waals surface area (Å²) in [6, 6.07) is 7.13. The smallest absolute Gasteiger partial charge is 0.312 e. The lowest BCUT2D eigenvalue weighted by Gasteiger charge is -2.20. The number of hydrogen-bond acceptors (Lipinski definition) is 5. The zero-order chi connectivity index (χ0) is 19.6. The first-order valence-electron chi connectivity index (χ1n) is 8.29. The fraction of sp³-hybridized carbons (Fsp3) is 0.278. The van der Waals surface area contributed by atoms with Crippen LogP contribution in [0.3, 0.4) is 0 Å². The van der Waals surface area contributed by atoms with Gasteiger partial charge in [-0.3, -0.25) is 14.9 Å². The standard InChI is InChI=1S/C18H17ClFN3O4.ClH/c1-10(27-16-5-3-12(19)8-15(16)23(25)26)18(24)22-14-4-2-11-9-21-7-6-13(11)17(14)20;/h2-5,8,10,21H,6-7,9H2,1H3,(H,22,24);1H. The number of rotatable bonds is 5. The van der Waals surface area contributed by atoms with Crippen LogP contribution in [0.25, 0.3) is 0 Å². The Bertz CT molecular complexity index is 911. The molecule has 0 spiro atoms. The Morgan fingerprint density at radius 3 is 2.86 bits per heavy atom. The molecule has 1 aliphatic heterocycles. The highest BCUT2D eigenvalue weighted by Gasteiger charge is 2.23. The van der Waals surface area contributed by atoms with E-state index in [0.717, 1.165) is 11.6 Å². The molecule has 2 aromatic carbocycles. The quantitative estimate of drug-likeness (QED) is 0.555. The maximum absolute atomic E-state index is 14.6. The number of nitro benzene ring substituents is 1. The predicted molar refractivity (Wildman–Crippen MR) is 106 cm³/mol. The molecule has 3 rings (SSSR count). The molecule has 1 amide bonds. The monoisotopic (exact) mass is 429 g/mol. The van der Waals surface area contributed by atoms with E-state index in [1.807, 2.05) is 0 Å². The molecule has 0 saturated carbocycles. The highest BCUT2D eigenvalue weighted by Crippen LogP contribution is 2.31. The number of nitrogens with zero attached hydrogens (tertiary/aromatic N) is 1. The first kappa shape index (κ1) is 21.9. The van der Waals surface area contributed by atoms with Crippen molar-refractivity contribution < 1.29 is 18.8 Å². The molecule has 1 aliphatic rings. The number of nitrogens with one attached hydrogen (secondary N) is 2. The van der Waals surface area contributed by atoms with Crippen LogP contribution >= 0.6 is 24.0 Å². The van der Waals surface area contributed by atoms with Crippen LogP contribution in [-0.4, -0.2) is 23.5 Å². The number of carbonyl (C=O) groups is 1. The van der Waals surface area contributed by atoms with Crippen LogP contribution in [0.1, 0.15) is 18.1 Å². The summed E-state index contributed by atoms with van der Waals surface area (Å²) in [5, 5.41) is 16.9. The summed E-state index contributed by atoms with van der Waals surface area (Å²) >= 11 is 5.76. The summed E-state index contributed by atoms with van der Waals surface area (Å²) in [5.41, 5.74) is 1.14. The molecule has 28 heavy (non-hydrogen) atoms. The number of fused-ring (bicyclic) bond motifs is 1. The number of amides is 1. The average Bonchev–Trinajstić information content (AvgIpc) is 2.65. The van der Waals surface area contributed by atoms with Crippen molar-refractivity contribution in [2.75, 3.05) is 11.9 Å². The Labute approximate surface area is 171 Å². The first-order valence-corrected chi connectivity index (χ1v) is 8.67. The van der Waals surface area contributed by atoms with Crippen molar-refractivity contribution in [3.05, 3.63) is 62.4 Å². The van der Waals surface area contributed by atoms with Crippen molar-refractivity contribution in [2.24, 2.45) is 0 Å². The zero-order valence-corrected chi connectivity index (χ0v) is 16.4. The molecule has 2 aromatic rings. The Hall–Kier alpha value is -2.42. The van der Waals surface area contributed by atoms with E-state index in [4.69, 9.17) is 16.3 Å². The Morgan fingerprint density at radius 2 is 2.14 bits per heavy atom. The lowest BCUT2D eigenvalue weighted by atomic mass is 9.99. The molecule has 0 bridgehead atoms. The van der Waals surface area contributed by atoms with Gasteiger partial charge < -0.3 is 15.4 Å². The van der Waals surface area contributed by atoms with E-state index in [0.29, 0.717) is 25.1 Å². The molecule has 10 heteroatoms. The first-order chi connectivity index (χ1) is 12.9. The Morgan fingerprint density at radius 1 is 1.39 bits per heavy atom. The van der Waals surface area contributed by atoms with Gasteiger partial charge in [-0.15, -0.1) is 12.4 Å². The van der Waals surface area contributed by atoms with E-state index in [9.17, 15) is 19.3 Å². The molecule has 0 fully saturated rings. The molecular weight excluding hydrogens is 412 g/mol. The second kappa shape index (κ2) is 9.18. The molecule has 1 unspecified atom stereocenters.